The number of ketones is 1. The summed E-state index contributed by atoms with van der Waals surface area (Å²) in [5, 5.41) is 11.6. The number of hydrogen-bond acceptors (Lipinski definition) is 3. The number of aliphatic hydroxyl groups excluding tert-OH is 1. The highest BCUT2D eigenvalue weighted by Gasteiger charge is 2.45. The van der Waals surface area contributed by atoms with Crippen molar-refractivity contribution in [2.75, 3.05) is 6.54 Å². The molecule has 1 N–H and O–H groups in total. The maximum Gasteiger partial charge on any atom is 0.295 e. The largest absolute Gasteiger partial charge is 0.507 e. The van der Waals surface area contributed by atoms with E-state index in [2.05, 4.69) is 6.92 Å². The van der Waals surface area contributed by atoms with Crippen molar-refractivity contribution in [3.63, 3.8) is 0 Å². The molecule has 0 spiro atoms. The zero-order valence-electron chi connectivity index (χ0n) is 23.0. The molecule has 0 aromatic heterocycles. The number of benzene rings is 2. The lowest BCUT2D eigenvalue weighted by Gasteiger charge is -2.25. The minimum absolute atomic E-state index is 0.147. The quantitative estimate of drug-likeness (QED) is 0.0946. The SMILES string of the molecule is CCCCCCCCCCCCCCCCN1C(=O)C(=O)C(=C(O)c2ccc(Cl)cc2)C1c1ccccc1. The van der Waals surface area contributed by atoms with E-state index < -0.39 is 17.7 Å². The van der Waals surface area contributed by atoms with Gasteiger partial charge in [0.2, 0.25) is 0 Å². The molecule has 1 aliphatic heterocycles. The fraction of sp³-hybridized carbons (Fsp3) is 0.515. The molecule has 1 amide bonds. The molecular formula is C33H44ClNO3. The fourth-order valence-corrected chi connectivity index (χ4v) is 5.46. The van der Waals surface area contributed by atoms with Crippen LogP contribution in [-0.4, -0.2) is 28.2 Å². The Hall–Kier alpha value is -2.59. The van der Waals surface area contributed by atoms with E-state index in [-0.39, 0.29) is 11.3 Å². The first-order chi connectivity index (χ1) is 18.5. The Morgan fingerprint density at radius 1 is 0.737 bits per heavy atom. The third-order valence-electron chi connectivity index (χ3n) is 7.53. The van der Waals surface area contributed by atoms with Crippen LogP contribution in [0.25, 0.3) is 5.76 Å². The summed E-state index contributed by atoms with van der Waals surface area (Å²) in [7, 11) is 0. The lowest BCUT2D eigenvalue weighted by Crippen LogP contribution is -2.30. The molecule has 38 heavy (non-hydrogen) atoms. The van der Waals surface area contributed by atoms with E-state index in [1.165, 1.54) is 70.6 Å². The lowest BCUT2D eigenvalue weighted by molar-refractivity contribution is -0.139. The van der Waals surface area contributed by atoms with Crippen molar-refractivity contribution in [2.45, 2.75) is 103 Å². The summed E-state index contributed by atoms with van der Waals surface area (Å²) in [6.45, 7) is 2.76. The molecule has 4 nitrogen and oxygen atoms in total. The number of halogens is 1. The predicted molar refractivity (Wildman–Crippen MR) is 157 cm³/mol. The average Bonchev–Trinajstić information content (AvgIpc) is 3.18. The maximum atomic E-state index is 13.1. The van der Waals surface area contributed by atoms with Crippen LogP contribution in [-0.2, 0) is 9.59 Å². The van der Waals surface area contributed by atoms with Crippen LogP contribution < -0.4 is 0 Å². The van der Waals surface area contributed by atoms with Gasteiger partial charge >= 0.3 is 0 Å². The Morgan fingerprint density at radius 2 is 1.24 bits per heavy atom. The summed E-state index contributed by atoms with van der Waals surface area (Å²) in [4.78, 5) is 27.8. The third-order valence-corrected chi connectivity index (χ3v) is 7.78. The van der Waals surface area contributed by atoms with E-state index in [1.807, 2.05) is 30.3 Å². The second-order valence-electron chi connectivity index (χ2n) is 10.5. The second-order valence-corrected chi connectivity index (χ2v) is 10.9. The summed E-state index contributed by atoms with van der Waals surface area (Å²) >= 11 is 6.00. The Balaban J connectivity index is 1.49. The van der Waals surface area contributed by atoms with Crippen LogP contribution in [0, 0.1) is 0 Å². The van der Waals surface area contributed by atoms with E-state index in [0.717, 1.165) is 24.8 Å². The minimum Gasteiger partial charge on any atom is -0.507 e. The number of nitrogens with zero attached hydrogens (tertiary/aromatic N) is 1. The van der Waals surface area contributed by atoms with E-state index >= 15 is 0 Å². The van der Waals surface area contributed by atoms with Crippen molar-refractivity contribution < 1.29 is 14.7 Å². The molecule has 2 aromatic carbocycles. The molecule has 0 aliphatic carbocycles. The maximum absolute atomic E-state index is 13.1. The monoisotopic (exact) mass is 537 g/mol. The first-order valence-corrected chi connectivity index (χ1v) is 15.0. The van der Waals surface area contributed by atoms with E-state index in [4.69, 9.17) is 11.6 Å². The summed E-state index contributed by atoms with van der Waals surface area (Å²) in [6, 6.07) is 15.6. The van der Waals surface area contributed by atoms with Crippen molar-refractivity contribution >= 4 is 29.1 Å². The van der Waals surface area contributed by atoms with Gasteiger partial charge in [-0.1, -0.05) is 132 Å². The third kappa shape index (κ3) is 8.73. The molecule has 1 aliphatic rings. The summed E-state index contributed by atoms with van der Waals surface area (Å²) in [6.07, 6.45) is 17.7. The van der Waals surface area contributed by atoms with Gasteiger partial charge in [-0.05, 0) is 36.2 Å². The van der Waals surface area contributed by atoms with Crippen LogP contribution in [0.1, 0.15) is 114 Å². The van der Waals surface area contributed by atoms with E-state index in [1.54, 1.807) is 29.2 Å². The molecule has 5 heteroatoms. The number of Topliss-reactive ketones (excluding diaryl/α,β-unsaturated/α-hetero) is 1. The van der Waals surface area contributed by atoms with Crippen LogP contribution in [0.5, 0.6) is 0 Å². The number of rotatable bonds is 17. The van der Waals surface area contributed by atoms with E-state index in [9.17, 15) is 14.7 Å². The highest BCUT2D eigenvalue weighted by molar-refractivity contribution is 6.46. The Labute approximate surface area is 234 Å². The number of unbranched alkanes of at least 4 members (excludes halogenated alkanes) is 13. The van der Waals surface area contributed by atoms with Crippen LogP contribution in [0.4, 0.5) is 0 Å². The lowest BCUT2D eigenvalue weighted by atomic mass is 9.95. The summed E-state index contributed by atoms with van der Waals surface area (Å²) < 4.78 is 0. The molecule has 2 aromatic rings. The predicted octanol–water partition coefficient (Wildman–Crippen LogP) is 9.24. The first-order valence-electron chi connectivity index (χ1n) is 14.6. The number of aliphatic hydroxyl groups is 1. The van der Waals surface area contributed by atoms with Gasteiger partial charge in [-0.15, -0.1) is 0 Å². The smallest absolute Gasteiger partial charge is 0.295 e. The van der Waals surface area contributed by atoms with Gasteiger partial charge in [-0.3, -0.25) is 9.59 Å². The van der Waals surface area contributed by atoms with Gasteiger partial charge in [0, 0.05) is 17.1 Å². The van der Waals surface area contributed by atoms with Crippen molar-refractivity contribution in [2.24, 2.45) is 0 Å². The van der Waals surface area contributed by atoms with Gasteiger partial charge in [-0.25, -0.2) is 0 Å². The van der Waals surface area contributed by atoms with Crippen molar-refractivity contribution in [1.82, 2.24) is 4.90 Å². The summed E-state index contributed by atoms with van der Waals surface area (Å²) in [5.41, 5.74) is 1.45. The molecule has 0 saturated carbocycles. The van der Waals surface area contributed by atoms with Crippen LogP contribution in [0.2, 0.25) is 5.02 Å². The van der Waals surface area contributed by atoms with Crippen LogP contribution >= 0.6 is 11.6 Å². The Bertz CT molecular complexity index is 1030. The van der Waals surface area contributed by atoms with Gasteiger partial charge in [0.1, 0.15) is 5.76 Å². The topological polar surface area (TPSA) is 57.6 Å². The molecule has 3 rings (SSSR count). The Morgan fingerprint density at radius 3 is 1.76 bits per heavy atom. The standard InChI is InChI=1S/C33H44ClNO3/c1-2-3-4-5-6-7-8-9-10-11-12-13-14-18-25-35-30(26-19-16-15-17-20-26)29(32(37)33(35)38)31(36)27-21-23-28(34)24-22-27/h15-17,19-24,30,36H,2-14,18,25H2,1H3. The van der Waals surface area contributed by atoms with Gasteiger partial charge in [0.15, 0.2) is 0 Å². The van der Waals surface area contributed by atoms with Gasteiger partial charge in [0.05, 0.1) is 11.6 Å². The highest BCUT2D eigenvalue weighted by Crippen LogP contribution is 2.39. The van der Waals surface area contributed by atoms with Crippen molar-refractivity contribution in [3.05, 3.63) is 76.3 Å². The number of amides is 1. The molecular weight excluding hydrogens is 494 g/mol. The molecule has 0 radical (unpaired) electrons. The molecule has 0 bridgehead atoms. The zero-order valence-corrected chi connectivity index (χ0v) is 23.7. The number of hydrogen-bond donors (Lipinski definition) is 1. The van der Waals surface area contributed by atoms with Gasteiger partial charge in [-0.2, -0.15) is 0 Å². The second kappa shape index (κ2) is 16.4. The molecule has 1 unspecified atom stereocenters. The van der Waals surface area contributed by atoms with Crippen molar-refractivity contribution in [3.8, 4) is 0 Å². The molecule has 206 valence electrons. The first kappa shape index (κ1) is 30.0. The zero-order chi connectivity index (χ0) is 27.2. The highest BCUT2D eigenvalue weighted by atomic mass is 35.5. The van der Waals surface area contributed by atoms with Crippen molar-refractivity contribution in [1.29, 1.82) is 0 Å². The van der Waals surface area contributed by atoms with Gasteiger partial charge in [0.25, 0.3) is 11.7 Å². The molecule has 1 fully saturated rings. The van der Waals surface area contributed by atoms with Crippen LogP contribution in [0.3, 0.4) is 0 Å². The average molecular weight is 538 g/mol. The van der Waals surface area contributed by atoms with Crippen LogP contribution in [0.15, 0.2) is 60.2 Å². The molecule has 1 atom stereocenters. The molecule has 1 saturated heterocycles. The number of carbonyl (C=O) groups excluding carboxylic acids is 2. The Kier molecular flexibility index (Phi) is 12.9. The normalized spacial score (nSPS) is 16.9. The number of likely N-dealkylation sites (tertiary alicyclic amines) is 1. The van der Waals surface area contributed by atoms with E-state index in [0.29, 0.717) is 17.1 Å². The van der Waals surface area contributed by atoms with Gasteiger partial charge < -0.3 is 10.0 Å². The summed E-state index contributed by atoms with van der Waals surface area (Å²) in [5.74, 6) is -1.32. The number of carbonyl (C=O) groups is 2. The molecule has 1 heterocycles. The fourth-order valence-electron chi connectivity index (χ4n) is 5.33. The minimum atomic E-state index is -0.628.